The standard InChI is InChI=1S/C22H24N2O6/c1-22(19(25)26)18(23-20(27)30-15-17-10-6-3-7-11-17)12-13-24(22,21(28)29)14-16-8-4-2-5-9-16/h2-11,18H,12-15H2,1H3,(H2-,23,25,26,27,28,29)/t18-,22+,24?/m1/s1. The number of carbonyl (C=O) groups excluding carboxylic acids is 2. The lowest BCUT2D eigenvalue weighted by atomic mass is 9.91. The molecule has 2 amide bonds. The van der Waals surface area contributed by atoms with Crippen LogP contribution in [-0.2, 0) is 22.7 Å². The van der Waals surface area contributed by atoms with Gasteiger partial charge >= 0.3 is 12.1 Å². The lowest BCUT2D eigenvalue weighted by Crippen LogP contribution is -2.73. The van der Waals surface area contributed by atoms with Crippen LogP contribution >= 0.6 is 0 Å². The largest absolute Gasteiger partial charge is 0.498 e. The molecule has 0 spiro atoms. The Kier molecular flexibility index (Phi) is 6.07. The van der Waals surface area contributed by atoms with E-state index in [9.17, 15) is 24.6 Å². The van der Waals surface area contributed by atoms with Gasteiger partial charge in [-0.2, -0.15) is 0 Å². The topological polar surface area (TPSA) is 116 Å². The van der Waals surface area contributed by atoms with E-state index in [1.807, 2.05) is 18.2 Å². The number of rotatable bonds is 6. The number of nitrogens with zero attached hydrogens (tertiary/aromatic N) is 1. The third-order valence-electron chi connectivity index (χ3n) is 5.95. The maximum atomic E-state index is 12.3. The molecule has 0 saturated carbocycles. The molecule has 0 aromatic heterocycles. The van der Waals surface area contributed by atoms with E-state index in [1.165, 1.54) is 6.92 Å². The predicted molar refractivity (Wildman–Crippen MR) is 105 cm³/mol. The predicted octanol–water partition coefficient (Wildman–Crippen LogP) is 1.89. The van der Waals surface area contributed by atoms with Crippen LogP contribution in [-0.4, -0.2) is 45.9 Å². The number of carboxylic acids is 1. The molecule has 8 nitrogen and oxygen atoms in total. The minimum absolute atomic E-state index is 0.00363. The first-order valence-electron chi connectivity index (χ1n) is 9.63. The minimum atomic E-state index is -1.83. The number of ether oxygens (including phenoxy) is 1. The Balaban J connectivity index is 1.81. The molecule has 0 radical (unpaired) electrons. The van der Waals surface area contributed by atoms with E-state index in [0.717, 1.165) is 5.56 Å². The summed E-state index contributed by atoms with van der Waals surface area (Å²) in [6.07, 6.45) is -2.13. The highest BCUT2D eigenvalue weighted by Gasteiger charge is 2.65. The van der Waals surface area contributed by atoms with Crippen LogP contribution in [0.25, 0.3) is 0 Å². The minimum Gasteiger partial charge on any atom is -0.498 e. The molecule has 1 fully saturated rings. The van der Waals surface area contributed by atoms with Crippen molar-refractivity contribution in [3.05, 3.63) is 71.8 Å². The zero-order valence-electron chi connectivity index (χ0n) is 16.6. The Bertz CT molecular complexity index is 920. The maximum absolute atomic E-state index is 12.3. The van der Waals surface area contributed by atoms with Crippen molar-refractivity contribution in [3.8, 4) is 0 Å². The fraction of sp³-hybridized carbons (Fsp3) is 0.318. The molecule has 3 rings (SSSR count). The number of benzene rings is 2. The molecule has 1 aliphatic heterocycles. The molecule has 2 aromatic carbocycles. The number of amides is 2. The average Bonchev–Trinajstić information content (AvgIpc) is 3.02. The lowest BCUT2D eigenvalue weighted by Gasteiger charge is -2.45. The van der Waals surface area contributed by atoms with Gasteiger partial charge < -0.3 is 25.1 Å². The van der Waals surface area contributed by atoms with E-state index in [4.69, 9.17) is 4.74 Å². The van der Waals surface area contributed by atoms with Crippen LogP contribution in [0.5, 0.6) is 0 Å². The van der Waals surface area contributed by atoms with Gasteiger partial charge in [-0.15, -0.1) is 0 Å². The van der Waals surface area contributed by atoms with Crippen LogP contribution in [0, 0.1) is 0 Å². The molecule has 2 aromatic rings. The van der Waals surface area contributed by atoms with Crippen molar-refractivity contribution < 1.29 is 33.8 Å². The van der Waals surface area contributed by atoms with Gasteiger partial charge in [0, 0.05) is 18.9 Å². The zero-order valence-corrected chi connectivity index (χ0v) is 16.6. The van der Waals surface area contributed by atoms with E-state index in [1.54, 1.807) is 42.5 Å². The van der Waals surface area contributed by atoms with Crippen LogP contribution in [0.15, 0.2) is 60.7 Å². The highest BCUT2D eigenvalue weighted by atomic mass is 16.5. The van der Waals surface area contributed by atoms with Crippen molar-refractivity contribution in [2.45, 2.75) is 38.1 Å². The number of hydrogen-bond acceptors (Lipinski definition) is 5. The van der Waals surface area contributed by atoms with Crippen LogP contribution in [0.4, 0.5) is 9.59 Å². The van der Waals surface area contributed by atoms with Gasteiger partial charge in [-0.3, -0.25) is 4.48 Å². The number of likely N-dealkylation sites (tertiary alicyclic amines) is 1. The van der Waals surface area contributed by atoms with E-state index in [2.05, 4.69) is 5.32 Å². The highest BCUT2D eigenvalue weighted by Crippen LogP contribution is 2.39. The molecular weight excluding hydrogens is 388 g/mol. The molecule has 1 unspecified atom stereocenters. The van der Waals surface area contributed by atoms with Crippen LogP contribution in [0.2, 0.25) is 0 Å². The Morgan fingerprint density at radius 2 is 1.67 bits per heavy atom. The molecular formula is C22H24N2O6. The summed E-state index contributed by atoms with van der Waals surface area (Å²) in [7, 11) is 0. The molecule has 158 valence electrons. The van der Waals surface area contributed by atoms with Gasteiger partial charge in [0.05, 0.1) is 6.54 Å². The second-order valence-electron chi connectivity index (χ2n) is 7.60. The van der Waals surface area contributed by atoms with Crippen molar-refractivity contribution in [2.75, 3.05) is 6.54 Å². The summed E-state index contributed by atoms with van der Waals surface area (Å²) in [4.78, 5) is 36.9. The van der Waals surface area contributed by atoms with Gasteiger partial charge in [0.15, 0.2) is 0 Å². The number of nitrogens with one attached hydrogen (secondary N) is 1. The van der Waals surface area contributed by atoms with Crippen molar-refractivity contribution in [1.82, 2.24) is 5.32 Å². The Hall–Kier alpha value is -3.39. The normalized spacial score (nSPS) is 25.4. The molecule has 1 saturated heterocycles. The summed E-state index contributed by atoms with van der Waals surface area (Å²) in [6, 6.07) is 16.9. The van der Waals surface area contributed by atoms with E-state index in [-0.39, 0.29) is 26.1 Å². The number of alkyl carbamates (subject to hydrolysis) is 1. The Labute approximate surface area is 174 Å². The quantitative estimate of drug-likeness (QED) is 0.700. The average molecular weight is 412 g/mol. The van der Waals surface area contributed by atoms with Gasteiger partial charge in [-0.05, 0) is 5.56 Å². The summed E-state index contributed by atoms with van der Waals surface area (Å²) in [5, 5.41) is 24.8. The number of quaternary nitrogens is 1. The second-order valence-corrected chi connectivity index (χ2v) is 7.60. The van der Waals surface area contributed by atoms with Crippen LogP contribution in [0.1, 0.15) is 24.5 Å². The lowest BCUT2D eigenvalue weighted by molar-refractivity contribution is -0.914. The number of carbonyl (C=O) groups is 3. The SMILES string of the molecule is C[C@@]1(C(=O)O)[C@H](NC(=O)OCc2ccccc2)CC[N+]1(Cc1ccccc1)C(=O)[O-]. The smallest absolute Gasteiger partial charge is 0.407 e. The third kappa shape index (κ3) is 3.86. The molecule has 3 atom stereocenters. The molecule has 1 heterocycles. The summed E-state index contributed by atoms with van der Waals surface area (Å²) < 4.78 is 4.37. The summed E-state index contributed by atoms with van der Waals surface area (Å²) in [6.45, 7) is 1.30. The molecule has 0 aliphatic carbocycles. The molecule has 0 bridgehead atoms. The number of carboxylic acid groups (broad SMARTS) is 2. The van der Waals surface area contributed by atoms with Gasteiger partial charge in [0.1, 0.15) is 19.2 Å². The summed E-state index contributed by atoms with van der Waals surface area (Å²) >= 11 is 0. The monoisotopic (exact) mass is 412 g/mol. The van der Waals surface area contributed by atoms with Crippen molar-refractivity contribution in [3.63, 3.8) is 0 Å². The first-order chi connectivity index (χ1) is 14.3. The van der Waals surface area contributed by atoms with E-state index < -0.39 is 34.2 Å². The molecule has 2 N–H and O–H groups in total. The highest BCUT2D eigenvalue weighted by molar-refractivity contribution is 5.82. The molecule has 30 heavy (non-hydrogen) atoms. The first-order valence-corrected chi connectivity index (χ1v) is 9.63. The molecule has 8 heteroatoms. The first kappa shape index (κ1) is 21.3. The Morgan fingerprint density at radius 1 is 1.10 bits per heavy atom. The van der Waals surface area contributed by atoms with Gasteiger partial charge in [-0.25, -0.2) is 9.59 Å². The van der Waals surface area contributed by atoms with E-state index in [0.29, 0.717) is 5.56 Å². The summed E-state index contributed by atoms with van der Waals surface area (Å²) in [5.74, 6) is -1.33. The van der Waals surface area contributed by atoms with Crippen molar-refractivity contribution in [2.24, 2.45) is 0 Å². The van der Waals surface area contributed by atoms with Crippen molar-refractivity contribution >= 4 is 18.2 Å². The second kappa shape index (κ2) is 8.54. The maximum Gasteiger partial charge on any atom is 0.407 e. The Morgan fingerprint density at radius 3 is 2.20 bits per heavy atom. The van der Waals surface area contributed by atoms with Gasteiger partial charge in [0.25, 0.3) is 6.09 Å². The van der Waals surface area contributed by atoms with E-state index >= 15 is 0 Å². The third-order valence-corrected chi connectivity index (χ3v) is 5.95. The van der Waals surface area contributed by atoms with Crippen molar-refractivity contribution in [1.29, 1.82) is 0 Å². The van der Waals surface area contributed by atoms with Crippen LogP contribution < -0.4 is 10.4 Å². The molecule has 1 aliphatic rings. The number of aliphatic carboxylic acids is 1. The zero-order chi connectivity index (χ0) is 21.8. The summed E-state index contributed by atoms with van der Waals surface area (Å²) in [5.41, 5.74) is -0.383. The fourth-order valence-corrected chi connectivity index (χ4v) is 4.10. The van der Waals surface area contributed by atoms with Gasteiger partial charge in [-0.1, -0.05) is 60.7 Å². The fourth-order valence-electron chi connectivity index (χ4n) is 4.10. The number of hydrogen-bond donors (Lipinski definition) is 2. The van der Waals surface area contributed by atoms with Gasteiger partial charge in [0.2, 0.25) is 5.54 Å². The van der Waals surface area contributed by atoms with Crippen LogP contribution in [0.3, 0.4) is 0 Å².